The molecule has 3 aromatic rings. The predicted octanol–water partition coefficient (Wildman–Crippen LogP) is 4.67. The predicted molar refractivity (Wildman–Crippen MR) is 95.8 cm³/mol. The highest BCUT2D eigenvalue weighted by atomic mass is 35.5. The average molecular weight is 339 g/mol. The lowest BCUT2D eigenvalue weighted by Gasteiger charge is -2.06. The van der Waals surface area contributed by atoms with Gasteiger partial charge in [0.2, 0.25) is 0 Å². The normalized spacial score (nSPS) is 10.9. The van der Waals surface area contributed by atoms with Gasteiger partial charge in [-0.2, -0.15) is 0 Å². The van der Waals surface area contributed by atoms with E-state index in [1.807, 2.05) is 47.2 Å². The molecule has 0 aliphatic carbocycles. The van der Waals surface area contributed by atoms with Gasteiger partial charge >= 0.3 is 5.97 Å². The van der Waals surface area contributed by atoms with Crippen molar-refractivity contribution in [1.82, 2.24) is 4.57 Å². The first kappa shape index (κ1) is 16.0. The first-order valence-corrected chi connectivity index (χ1v) is 7.71. The first-order chi connectivity index (χ1) is 11.7. The molecular formula is C19H15ClN2O2. The quantitative estimate of drug-likeness (QED) is 0.512. The van der Waals surface area contributed by atoms with Gasteiger partial charge in [-0.3, -0.25) is 4.99 Å². The lowest BCUT2D eigenvalue weighted by atomic mass is 10.2. The summed E-state index contributed by atoms with van der Waals surface area (Å²) in [5.41, 5.74) is 3.20. The average Bonchev–Trinajstić information content (AvgIpc) is 3.09. The lowest BCUT2D eigenvalue weighted by molar-refractivity contribution is 0.0601. The first-order valence-electron chi connectivity index (χ1n) is 7.33. The van der Waals surface area contributed by atoms with Crippen molar-refractivity contribution in [1.29, 1.82) is 0 Å². The van der Waals surface area contributed by atoms with Crippen molar-refractivity contribution < 1.29 is 9.53 Å². The zero-order chi connectivity index (χ0) is 16.9. The lowest BCUT2D eigenvalue weighted by Crippen LogP contribution is -2.00. The van der Waals surface area contributed by atoms with Crippen LogP contribution in [0.1, 0.15) is 16.1 Å². The molecule has 0 N–H and O–H groups in total. The van der Waals surface area contributed by atoms with Gasteiger partial charge in [0.1, 0.15) is 0 Å². The van der Waals surface area contributed by atoms with E-state index in [1.54, 1.807) is 30.5 Å². The monoisotopic (exact) mass is 338 g/mol. The molecule has 0 unspecified atom stereocenters. The number of carbonyl (C=O) groups is 1. The molecule has 0 aliphatic rings. The van der Waals surface area contributed by atoms with Gasteiger partial charge in [0.05, 0.1) is 30.3 Å². The highest BCUT2D eigenvalue weighted by molar-refractivity contribution is 6.30. The van der Waals surface area contributed by atoms with Gasteiger partial charge in [0, 0.05) is 16.9 Å². The maximum atomic E-state index is 11.4. The number of aliphatic imine (C=N–C) groups is 1. The van der Waals surface area contributed by atoms with Crippen molar-refractivity contribution in [2.24, 2.45) is 4.99 Å². The molecular weight excluding hydrogens is 324 g/mol. The van der Waals surface area contributed by atoms with Crippen molar-refractivity contribution in [3.05, 3.63) is 83.1 Å². The van der Waals surface area contributed by atoms with Crippen LogP contribution in [0.15, 0.2) is 71.9 Å². The van der Waals surface area contributed by atoms with E-state index in [0.29, 0.717) is 10.6 Å². The Kier molecular flexibility index (Phi) is 4.77. The van der Waals surface area contributed by atoms with Crippen LogP contribution < -0.4 is 0 Å². The minimum atomic E-state index is -0.359. The number of aromatic nitrogens is 1. The van der Waals surface area contributed by atoms with Crippen molar-refractivity contribution in [3.63, 3.8) is 0 Å². The smallest absolute Gasteiger partial charge is 0.337 e. The summed E-state index contributed by atoms with van der Waals surface area (Å²) in [5.74, 6) is -0.359. The Labute approximate surface area is 145 Å². The van der Waals surface area contributed by atoms with Crippen LogP contribution in [0.3, 0.4) is 0 Å². The minimum absolute atomic E-state index is 0.359. The van der Waals surface area contributed by atoms with Crippen LogP contribution in [-0.2, 0) is 4.74 Å². The molecule has 0 fully saturated rings. The summed E-state index contributed by atoms with van der Waals surface area (Å²) >= 11 is 5.93. The van der Waals surface area contributed by atoms with Crippen LogP contribution in [0.4, 0.5) is 5.69 Å². The third kappa shape index (κ3) is 3.55. The fourth-order valence-corrected chi connectivity index (χ4v) is 2.40. The van der Waals surface area contributed by atoms with Gasteiger partial charge in [0.15, 0.2) is 0 Å². The second kappa shape index (κ2) is 7.15. The van der Waals surface area contributed by atoms with E-state index >= 15 is 0 Å². The van der Waals surface area contributed by atoms with Crippen LogP contribution in [0.5, 0.6) is 0 Å². The van der Waals surface area contributed by atoms with E-state index in [0.717, 1.165) is 17.1 Å². The van der Waals surface area contributed by atoms with Gasteiger partial charge in [0.25, 0.3) is 0 Å². The number of hydrogen-bond donors (Lipinski definition) is 0. The molecule has 0 saturated heterocycles. The molecule has 4 nitrogen and oxygen atoms in total. The van der Waals surface area contributed by atoms with E-state index in [-0.39, 0.29) is 5.97 Å². The third-order valence-corrected chi connectivity index (χ3v) is 3.77. The van der Waals surface area contributed by atoms with Crippen molar-refractivity contribution in [2.75, 3.05) is 7.11 Å². The van der Waals surface area contributed by atoms with Crippen LogP contribution in [0.25, 0.3) is 5.69 Å². The summed E-state index contributed by atoms with van der Waals surface area (Å²) in [5, 5.41) is 0.701. The van der Waals surface area contributed by atoms with E-state index in [2.05, 4.69) is 9.73 Å². The largest absolute Gasteiger partial charge is 0.465 e. The molecule has 24 heavy (non-hydrogen) atoms. The van der Waals surface area contributed by atoms with Crippen molar-refractivity contribution >= 4 is 29.5 Å². The topological polar surface area (TPSA) is 43.6 Å². The molecule has 0 atom stereocenters. The van der Waals surface area contributed by atoms with Crippen LogP contribution in [0, 0.1) is 0 Å². The number of hydrogen-bond acceptors (Lipinski definition) is 3. The molecule has 120 valence electrons. The SMILES string of the molecule is COC(=O)c1ccc(N=Cc2cccn2-c2ccc(Cl)cc2)cc1. The summed E-state index contributed by atoms with van der Waals surface area (Å²) in [6.07, 6.45) is 3.74. The Morgan fingerprint density at radius 3 is 2.46 bits per heavy atom. The Morgan fingerprint density at radius 1 is 1.08 bits per heavy atom. The van der Waals surface area contributed by atoms with E-state index in [4.69, 9.17) is 11.6 Å². The molecule has 0 spiro atoms. The Hall–Kier alpha value is -2.85. The zero-order valence-electron chi connectivity index (χ0n) is 13.0. The fraction of sp³-hybridized carbons (Fsp3) is 0.0526. The van der Waals surface area contributed by atoms with Gasteiger partial charge < -0.3 is 9.30 Å². The molecule has 3 rings (SSSR count). The molecule has 0 aliphatic heterocycles. The minimum Gasteiger partial charge on any atom is -0.465 e. The number of rotatable bonds is 4. The van der Waals surface area contributed by atoms with Crippen LogP contribution >= 0.6 is 11.6 Å². The van der Waals surface area contributed by atoms with E-state index in [9.17, 15) is 4.79 Å². The number of halogens is 1. The van der Waals surface area contributed by atoms with E-state index < -0.39 is 0 Å². The highest BCUT2D eigenvalue weighted by Gasteiger charge is 2.04. The fourth-order valence-electron chi connectivity index (χ4n) is 2.28. The van der Waals surface area contributed by atoms with Gasteiger partial charge in [-0.05, 0) is 60.7 Å². The number of benzene rings is 2. The number of ether oxygens (including phenoxy) is 1. The Balaban J connectivity index is 1.82. The maximum Gasteiger partial charge on any atom is 0.337 e. The van der Waals surface area contributed by atoms with Gasteiger partial charge in [-0.1, -0.05) is 11.6 Å². The van der Waals surface area contributed by atoms with Crippen molar-refractivity contribution in [2.45, 2.75) is 0 Å². The molecule has 5 heteroatoms. The maximum absolute atomic E-state index is 11.4. The summed E-state index contributed by atoms with van der Waals surface area (Å²) in [6, 6.07) is 18.5. The molecule has 1 aromatic heterocycles. The number of esters is 1. The number of methoxy groups -OCH3 is 1. The zero-order valence-corrected chi connectivity index (χ0v) is 13.8. The second-order valence-corrected chi connectivity index (χ2v) is 5.51. The van der Waals surface area contributed by atoms with Crippen molar-refractivity contribution in [3.8, 4) is 5.69 Å². The van der Waals surface area contributed by atoms with Gasteiger partial charge in [-0.15, -0.1) is 0 Å². The molecule has 2 aromatic carbocycles. The Morgan fingerprint density at radius 2 is 1.79 bits per heavy atom. The van der Waals surface area contributed by atoms with Crippen LogP contribution in [-0.4, -0.2) is 23.9 Å². The van der Waals surface area contributed by atoms with E-state index in [1.165, 1.54) is 7.11 Å². The Bertz CT molecular complexity index is 865. The second-order valence-electron chi connectivity index (χ2n) is 5.08. The summed E-state index contributed by atoms with van der Waals surface area (Å²) in [4.78, 5) is 15.9. The molecule has 0 bridgehead atoms. The van der Waals surface area contributed by atoms with Gasteiger partial charge in [-0.25, -0.2) is 4.79 Å². The molecule has 0 amide bonds. The summed E-state index contributed by atoms with van der Waals surface area (Å²) < 4.78 is 6.69. The number of nitrogens with zero attached hydrogens (tertiary/aromatic N) is 2. The molecule has 0 radical (unpaired) electrons. The van der Waals surface area contributed by atoms with Crippen LogP contribution in [0.2, 0.25) is 5.02 Å². The standard InChI is InChI=1S/C19H15ClN2O2/c1-24-19(23)14-4-8-16(9-5-14)21-13-18-3-2-12-22(18)17-10-6-15(20)7-11-17/h2-13H,1H3. The summed E-state index contributed by atoms with van der Waals surface area (Å²) in [6.45, 7) is 0. The molecule has 1 heterocycles. The molecule has 0 saturated carbocycles. The third-order valence-electron chi connectivity index (χ3n) is 3.52. The summed E-state index contributed by atoms with van der Waals surface area (Å²) in [7, 11) is 1.36. The number of carbonyl (C=O) groups excluding carboxylic acids is 1. The highest BCUT2D eigenvalue weighted by Crippen LogP contribution is 2.17.